The van der Waals surface area contributed by atoms with Gasteiger partial charge in [-0.05, 0) is 30.5 Å². The maximum absolute atomic E-state index is 6.26. The van der Waals surface area contributed by atoms with E-state index in [1.807, 2.05) is 42.5 Å². The zero-order valence-electron chi connectivity index (χ0n) is 14.9. The van der Waals surface area contributed by atoms with E-state index >= 15 is 0 Å². The minimum Gasteiger partial charge on any atom is -0.365 e. The molecule has 7 heteroatoms. The quantitative estimate of drug-likeness (QED) is 0.550. The van der Waals surface area contributed by atoms with Gasteiger partial charge in [0.25, 0.3) is 0 Å². The first-order valence-corrected chi connectivity index (χ1v) is 9.16. The average Bonchev–Trinajstić information content (AvgIpc) is 3.08. The van der Waals surface area contributed by atoms with Crippen molar-refractivity contribution in [2.45, 2.75) is 25.9 Å². The Morgan fingerprint density at radius 2 is 1.81 bits per heavy atom. The molecule has 0 aliphatic rings. The van der Waals surface area contributed by atoms with Gasteiger partial charge in [-0.25, -0.2) is 14.6 Å². The highest BCUT2D eigenvalue weighted by molar-refractivity contribution is 6.31. The van der Waals surface area contributed by atoms with Gasteiger partial charge in [0, 0.05) is 11.1 Å². The fourth-order valence-corrected chi connectivity index (χ4v) is 3.24. The Bertz CT molecular complexity index is 1050. The Balaban J connectivity index is 1.56. The molecule has 0 fully saturated rings. The van der Waals surface area contributed by atoms with Gasteiger partial charge in [0.2, 0.25) is 0 Å². The van der Waals surface area contributed by atoms with Crippen molar-refractivity contribution in [1.82, 2.24) is 25.0 Å². The van der Waals surface area contributed by atoms with Crippen LogP contribution < -0.4 is 5.32 Å². The molecule has 0 unspecified atom stereocenters. The number of fused-ring (bicyclic) bond motifs is 1. The molecule has 0 aliphatic heterocycles. The van der Waals surface area contributed by atoms with Gasteiger partial charge in [0.05, 0.1) is 6.54 Å². The van der Waals surface area contributed by atoms with Crippen molar-refractivity contribution in [2.24, 2.45) is 0 Å². The monoisotopic (exact) mass is 378 g/mol. The van der Waals surface area contributed by atoms with Crippen LogP contribution in [0, 0.1) is 0 Å². The summed E-state index contributed by atoms with van der Waals surface area (Å²) in [5.74, 6) is 0.689. The Kier molecular flexibility index (Phi) is 4.98. The average molecular weight is 379 g/mol. The third-order valence-electron chi connectivity index (χ3n) is 4.35. The molecule has 6 nitrogen and oxygen atoms in total. The second-order valence-electron chi connectivity index (χ2n) is 6.47. The molecule has 2 aromatic heterocycles. The van der Waals surface area contributed by atoms with Crippen LogP contribution in [0.2, 0.25) is 5.02 Å². The van der Waals surface area contributed by atoms with Gasteiger partial charge >= 0.3 is 0 Å². The zero-order chi connectivity index (χ0) is 18.6. The van der Waals surface area contributed by atoms with E-state index < -0.39 is 0 Å². The van der Waals surface area contributed by atoms with Crippen molar-refractivity contribution < 1.29 is 0 Å². The molecule has 4 aromatic rings. The van der Waals surface area contributed by atoms with Crippen molar-refractivity contribution in [2.75, 3.05) is 5.32 Å². The maximum atomic E-state index is 6.26. The van der Waals surface area contributed by atoms with Gasteiger partial charge in [0.1, 0.15) is 6.33 Å². The van der Waals surface area contributed by atoms with E-state index in [9.17, 15) is 0 Å². The summed E-state index contributed by atoms with van der Waals surface area (Å²) in [5, 5.41) is 12.7. The second-order valence-corrected chi connectivity index (χ2v) is 6.88. The first-order valence-electron chi connectivity index (χ1n) is 8.79. The van der Waals surface area contributed by atoms with Crippen LogP contribution in [0.3, 0.4) is 0 Å². The summed E-state index contributed by atoms with van der Waals surface area (Å²) >= 11 is 6.26. The van der Waals surface area contributed by atoms with Crippen LogP contribution in [-0.2, 0) is 13.0 Å². The number of nitrogens with zero attached hydrogens (tertiary/aromatic N) is 5. The standard InChI is InChI=1S/C20H19ClN6/c1-14(11-15-7-3-2-4-8-15)24-19-18-20(23-13-22-19)27(26-25-18)12-16-9-5-6-10-17(16)21/h2-10,13-14H,11-12H2,1H3,(H,22,23,24)/t14-/m0/s1. The minimum atomic E-state index is 0.194. The number of hydrogen-bond acceptors (Lipinski definition) is 5. The largest absolute Gasteiger partial charge is 0.365 e. The Morgan fingerprint density at radius 1 is 1.04 bits per heavy atom. The lowest BCUT2D eigenvalue weighted by molar-refractivity contribution is 0.664. The number of rotatable bonds is 6. The molecule has 0 bridgehead atoms. The molecule has 1 N–H and O–H groups in total. The highest BCUT2D eigenvalue weighted by Gasteiger charge is 2.14. The van der Waals surface area contributed by atoms with Crippen LogP contribution in [0.1, 0.15) is 18.1 Å². The van der Waals surface area contributed by atoms with Gasteiger partial charge in [0.15, 0.2) is 17.0 Å². The van der Waals surface area contributed by atoms with E-state index in [4.69, 9.17) is 11.6 Å². The smallest absolute Gasteiger partial charge is 0.184 e. The lowest BCUT2D eigenvalue weighted by atomic mass is 10.1. The Morgan fingerprint density at radius 3 is 2.63 bits per heavy atom. The number of halogens is 1. The molecule has 0 spiro atoms. The number of aromatic nitrogens is 5. The summed E-state index contributed by atoms with van der Waals surface area (Å²) in [6, 6.07) is 18.2. The normalized spacial score (nSPS) is 12.2. The van der Waals surface area contributed by atoms with Gasteiger partial charge in [-0.15, -0.1) is 5.10 Å². The summed E-state index contributed by atoms with van der Waals surface area (Å²) in [5.41, 5.74) is 3.57. The van der Waals surface area contributed by atoms with Crippen molar-refractivity contribution in [1.29, 1.82) is 0 Å². The van der Waals surface area contributed by atoms with Crippen LogP contribution in [0.4, 0.5) is 5.82 Å². The molecule has 0 saturated carbocycles. The van der Waals surface area contributed by atoms with Crippen LogP contribution in [0.5, 0.6) is 0 Å². The van der Waals surface area contributed by atoms with E-state index in [-0.39, 0.29) is 6.04 Å². The molecule has 136 valence electrons. The molecule has 0 aliphatic carbocycles. The fourth-order valence-electron chi connectivity index (χ4n) is 3.04. The van der Waals surface area contributed by atoms with E-state index in [1.165, 1.54) is 11.9 Å². The van der Waals surface area contributed by atoms with Gasteiger partial charge in [-0.3, -0.25) is 0 Å². The number of hydrogen-bond donors (Lipinski definition) is 1. The van der Waals surface area contributed by atoms with E-state index in [1.54, 1.807) is 4.68 Å². The molecule has 4 rings (SSSR count). The van der Waals surface area contributed by atoms with Gasteiger partial charge < -0.3 is 5.32 Å². The highest BCUT2D eigenvalue weighted by Crippen LogP contribution is 2.21. The Hall–Kier alpha value is -2.99. The molecule has 0 saturated heterocycles. The summed E-state index contributed by atoms with van der Waals surface area (Å²) in [4.78, 5) is 8.72. The molecule has 0 radical (unpaired) electrons. The summed E-state index contributed by atoms with van der Waals surface area (Å²) in [6.45, 7) is 2.63. The zero-order valence-corrected chi connectivity index (χ0v) is 15.6. The molecule has 1 atom stereocenters. The Labute approximate surface area is 162 Å². The first-order chi connectivity index (χ1) is 13.2. The van der Waals surface area contributed by atoms with Crippen molar-refractivity contribution in [3.63, 3.8) is 0 Å². The number of benzene rings is 2. The van der Waals surface area contributed by atoms with Crippen LogP contribution >= 0.6 is 11.6 Å². The molecule has 27 heavy (non-hydrogen) atoms. The van der Waals surface area contributed by atoms with E-state index in [0.717, 1.165) is 12.0 Å². The second kappa shape index (κ2) is 7.72. The van der Waals surface area contributed by atoms with Gasteiger partial charge in [-0.2, -0.15) is 0 Å². The lowest BCUT2D eigenvalue weighted by Crippen LogP contribution is -2.19. The van der Waals surface area contributed by atoms with Crippen LogP contribution in [0.15, 0.2) is 60.9 Å². The predicted molar refractivity (Wildman–Crippen MR) is 107 cm³/mol. The molecule has 2 aromatic carbocycles. The third kappa shape index (κ3) is 3.90. The minimum absolute atomic E-state index is 0.194. The summed E-state index contributed by atoms with van der Waals surface area (Å²) < 4.78 is 1.74. The SMILES string of the molecule is C[C@@H](Cc1ccccc1)Nc1ncnc2c1nnn2Cc1ccccc1Cl. The molecular weight excluding hydrogens is 360 g/mol. The van der Waals surface area contributed by atoms with Crippen molar-refractivity contribution in [3.8, 4) is 0 Å². The van der Waals surface area contributed by atoms with Crippen molar-refractivity contribution in [3.05, 3.63) is 77.1 Å². The number of anilines is 1. The summed E-state index contributed by atoms with van der Waals surface area (Å²) in [7, 11) is 0. The topological polar surface area (TPSA) is 68.5 Å². The van der Waals surface area contributed by atoms with Crippen LogP contribution in [0.25, 0.3) is 11.2 Å². The molecule has 0 amide bonds. The molecular formula is C20H19ClN6. The van der Waals surface area contributed by atoms with E-state index in [2.05, 4.69) is 44.7 Å². The first kappa shape index (κ1) is 17.4. The molecule has 2 heterocycles. The van der Waals surface area contributed by atoms with E-state index in [0.29, 0.717) is 28.5 Å². The van der Waals surface area contributed by atoms with Gasteiger partial charge in [-0.1, -0.05) is 65.3 Å². The highest BCUT2D eigenvalue weighted by atomic mass is 35.5. The third-order valence-corrected chi connectivity index (χ3v) is 4.71. The lowest BCUT2D eigenvalue weighted by Gasteiger charge is -2.14. The maximum Gasteiger partial charge on any atom is 0.184 e. The fraction of sp³-hybridized carbons (Fsp3) is 0.200. The summed E-state index contributed by atoms with van der Waals surface area (Å²) in [6.07, 6.45) is 2.42. The van der Waals surface area contributed by atoms with Crippen molar-refractivity contribution >= 4 is 28.6 Å². The predicted octanol–water partition coefficient (Wildman–Crippen LogP) is 3.97. The number of nitrogens with one attached hydrogen (secondary N) is 1. The van der Waals surface area contributed by atoms with Crippen LogP contribution in [-0.4, -0.2) is 31.0 Å².